The molecule has 1 fully saturated rings. The molecule has 0 aromatic rings. The number of hydrogen-bond acceptors (Lipinski definition) is 4. The van der Waals surface area contributed by atoms with Gasteiger partial charge in [-0.15, -0.1) is 0 Å². The Balaban J connectivity index is 2.81. The minimum Gasteiger partial charge on any atom is -0.325 e. The van der Waals surface area contributed by atoms with Crippen molar-refractivity contribution in [2.45, 2.75) is 51.7 Å². The first-order valence-corrected chi connectivity index (χ1v) is 8.56. The van der Waals surface area contributed by atoms with E-state index in [-0.39, 0.29) is 24.4 Å². The number of nitrogens with one attached hydrogen (secondary N) is 1. The Morgan fingerprint density at radius 3 is 2.44 bits per heavy atom. The molecule has 0 bridgehead atoms. The van der Waals surface area contributed by atoms with Crippen LogP contribution in [0.4, 0.5) is 0 Å². The molecule has 106 valence electrons. The molecule has 6 heteroatoms. The van der Waals surface area contributed by atoms with Crippen LogP contribution in [0, 0.1) is 0 Å². The van der Waals surface area contributed by atoms with Crippen molar-refractivity contribution in [3.05, 3.63) is 0 Å². The average molecular weight is 276 g/mol. The van der Waals surface area contributed by atoms with Gasteiger partial charge in [0.05, 0.1) is 17.5 Å². The smallest absolute Gasteiger partial charge is 0.243 e. The van der Waals surface area contributed by atoms with Crippen LogP contribution >= 0.6 is 0 Å². The molecule has 1 rings (SSSR count). The number of hydrogen-bond donors (Lipinski definition) is 1. The summed E-state index contributed by atoms with van der Waals surface area (Å²) < 4.78 is 22.5. The zero-order valence-electron chi connectivity index (χ0n) is 11.7. The van der Waals surface area contributed by atoms with E-state index in [0.717, 1.165) is 12.8 Å². The van der Waals surface area contributed by atoms with Gasteiger partial charge in [0, 0.05) is 12.8 Å². The van der Waals surface area contributed by atoms with Crippen molar-refractivity contribution in [2.24, 2.45) is 0 Å². The molecule has 1 aliphatic rings. The van der Waals surface area contributed by atoms with E-state index in [2.05, 4.69) is 12.2 Å². The van der Waals surface area contributed by atoms with Crippen LogP contribution in [0.2, 0.25) is 0 Å². The van der Waals surface area contributed by atoms with Gasteiger partial charge in [-0.2, -0.15) is 0 Å². The maximum Gasteiger partial charge on any atom is 0.243 e. The fourth-order valence-corrected chi connectivity index (χ4v) is 2.77. The van der Waals surface area contributed by atoms with Crippen molar-refractivity contribution in [3.8, 4) is 0 Å². The molecule has 1 N–H and O–H groups in total. The molecule has 0 aromatic heterocycles. The average Bonchev–Trinajstić information content (AvgIpc) is 2.49. The lowest BCUT2D eigenvalue weighted by Gasteiger charge is -2.23. The maximum absolute atomic E-state index is 12.3. The van der Waals surface area contributed by atoms with Crippen LogP contribution in [-0.2, 0) is 14.6 Å². The number of nitrogens with zero attached hydrogens (tertiary/aromatic N) is 1. The number of carbonyl (C=O) groups is 1. The van der Waals surface area contributed by atoms with Crippen LogP contribution in [0.5, 0.6) is 0 Å². The van der Waals surface area contributed by atoms with Crippen molar-refractivity contribution in [1.82, 2.24) is 10.2 Å². The van der Waals surface area contributed by atoms with Crippen LogP contribution in [0.1, 0.15) is 40.0 Å². The second-order valence-electron chi connectivity index (χ2n) is 5.26. The Hall–Kier alpha value is -0.620. The van der Waals surface area contributed by atoms with Gasteiger partial charge in [0.2, 0.25) is 5.91 Å². The highest BCUT2D eigenvalue weighted by atomic mass is 32.2. The molecule has 0 saturated carbocycles. The minimum absolute atomic E-state index is 0.0205. The number of rotatable bonds is 6. The molecule has 18 heavy (non-hydrogen) atoms. The van der Waals surface area contributed by atoms with Gasteiger partial charge in [-0.05, 0) is 19.8 Å². The minimum atomic E-state index is -3.04. The summed E-state index contributed by atoms with van der Waals surface area (Å²) in [6.45, 7) is 6.19. The molecule has 2 unspecified atom stereocenters. The van der Waals surface area contributed by atoms with E-state index in [1.165, 1.54) is 6.26 Å². The molecule has 5 nitrogen and oxygen atoms in total. The van der Waals surface area contributed by atoms with E-state index in [9.17, 15) is 13.2 Å². The van der Waals surface area contributed by atoms with Crippen molar-refractivity contribution in [2.75, 3.05) is 18.6 Å². The summed E-state index contributed by atoms with van der Waals surface area (Å²) in [4.78, 5) is 14.0. The molecular formula is C12H24N2O3S. The molecule has 1 amide bonds. The highest BCUT2D eigenvalue weighted by Gasteiger charge is 2.45. The third kappa shape index (κ3) is 3.45. The topological polar surface area (TPSA) is 66.5 Å². The first kappa shape index (κ1) is 15.4. The van der Waals surface area contributed by atoms with E-state index >= 15 is 0 Å². The summed E-state index contributed by atoms with van der Waals surface area (Å²) >= 11 is 0. The summed E-state index contributed by atoms with van der Waals surface area (Å²) in [6.07, 6.45) is 3.69. The second kappa shape index (κ2) is 5.57. The number of amides is 1. The van der Waals surface area contributed by atoms with Crippen LogP contribution in [-0.4, -0.2) is 49.5 Å². The zero-order chi connectivity index (χ0) is 14.0. The lowest BCUT2D eigenvalue weighted by molar-refractivity contribution is -0.132. The van der Waals surface area contributed by atoms with Gasteiger partial charge in [0.1, 0.15) is 9.84 Å². The van der Waals surface area contributed by atoms with E-state index < -0.39 is 15.4 Å². The Kier molecular flexibility index (Phi) is 4.78. The Bertz CT molecular complexity index is 408. The van der Waals surface area contributed by atoms with E-state index in [1.807, 2.05) is 13.8 Å². The van der Waals surface area contributed by atoms with E-state index in [0.29, 0.717) is 6.42 Å². The molecule has 2 atom stereocenters. The summed E-state index contributed by atoms with van der Waals surface area (Å²) in [7, 11) is -3.04. The molecule has 0 radical (unpaired) electrons. The van der Waals surface area contributed by atoms with Crippen molar-refractivity contribution < 1.29 is 13.2 Å². The Morgan fingerprint density at radius 1 is 1.39 bits per heavy atom. The van der Waals surface area contributed by atoms with Crippen LogP contribution in [0.15, 0.2) is 0 Å². The van der Waals surface area contributed by atoms with Gasteiger partial charge in [0.25, 0.3) is 0 Å². The summed E-state index contributed by atoms with van der Waals surface area (Å²) in [6, 6.07) is 0. The summed E-state index contributed by atoms with van der Waals surface area (Å²) in [5.41, 5.74) is -0.544. The SMILES string of the molecule is CCCC1NC(C)(CC)C(=O)N1CCS(C)(=O)=O. The Labute approximate surface area is 110 Å². The van der Waals surface area contributed by atoms with Crippen LogP contribution in [0.3, 0.4) is 0 Å². The largest absolute Gasteiger partial charge is 0.325 e. The highest BCUT2D eigenvalue weighted by Crippen LogP contribution is 2.25. The molecule has 1 heterocycles. The fourth-order valence-electron chi connectivity index (χ4n) is 2.24. The lowest BCUT2D eigenvalue weighted by atomic mass is 9.99. The normalized spacial score (nSPS) is 29.0. The van der Waals surface area contributed by atoms with Crippen molar-refractivity contribution >= 4 is 15.7 Å². The van der Waals surface area contributed by atoms with Crippen molar-refractivity contribution in [1.29, 1.82) is 0 Å². The lowest BCUT2D eigenvalue weighted by Crippen LogP contribution is -2.43. The van der Waals surface area contributed by atoms with E-state index in [1.54, 1.807) is 4.90 Å². The number of carbonyl (C=O) groups excluding carboxylic acids is 1. The van der Waals surface area contributed by atoms with E-state index in [4.69, 9.17) is 0 Å². The summed E-state index contributed by atoms with van der Waals surface area (Å²) in [5.74, 6) is 0.0487. The van der Waals surface area contributed by atoms with Crippen LogP contribution < -0.4 is 5.32 Å². The molecule has 0 aliphatic carbocycles. The van der Waals surface area contributed by atoms with Crippen molar-refractivity contribution in [3.63, 3.8) is 0 Å². The first-order chi connectivity index (χ1) is 8.23. The maximum atomic E-state index is 12.3. The standard InChI is InChI=1S/C12H24N2O3S/c1-5-7-10-13-12(3,6-2)11(15)14(10)8-9-18(4,16)17/h10,13H,5-9H2,1-4H3. The molecular weight excluding hydrogens is 252 g/mol. The van der Waals surface area contributed by atoms with Gasteiger partial charge >= 0.3 is 0 Å². The second-order valence-corrected chi connectivity index (χ2v) is 7.52. The first-order valence-electron chi connectivity index (χ1n) is 6.50. The third-order valence-electron chi connectivity index (χ3n) is 3.57. The molecule has 1 aliphatic heterocycles. The zero-order valence-corrected chi connectivity index (χ0v) is 12.5. The molecule has 1 saturated heterocycles. The Morgan fingerprint density at radius 2 is 2.00 bits per heavy atom. The van der Waals surface area contributed by atoms with Gasteiger partial charge in [-0.25, -0.2) is 8.42 Å². The van der Waals surface area contributed by atoms with Gasteiger partial charge < -0.3 is 4.90 Å². The molecule has 0 spiro atoms. The predicted octanol–water partition coefficient (Wildman–Crippen LogP) is 0.758. The monoisotopic (exact) mass is 276 g/mol. The van der Waals surface area contributed by atoms with Gasteiger partial charge in [-0.1, -0.05) is 20.3 Å². The quantitative estimate of drug-likeness (QED) is 0.778. The van der Waals surface area contributed by atoms with Gasteiger partial charge in [0.15, 0.2) is 0 Å². The summed E-state index contributed by atoms with van der Waals surface area (Å²) in [5, 5.41) is 3.34. The fraction of sp³-hybridized carbons (Fsp3) is 0.917. The van der Waals surface area contributed by atoms with Gasteiger partial charge in [-0.3, -0.25) is 10.1 Å². The highest BCUT2D eigenvalue weighted by molar-refractivity contribution is 7.90. The third-order valence-corrected chi connectivity index (χ3v) is 4.49. The number of sulfone groups is 1. The van der Waals surface area contributed by atoms with Crippen LogP contribution in [0.25, 0.3) is 0 Å². The predicted molar refractivity (Wildman–Crippen MR) is 72.0 cm³/mol. The molecule has 0 aromatic carbocycles.